The summed E-state index contributed by atoms with van der Waals surface area (Å²) in [5, 5.41) is 3.39. The highest BCUT2D eigenvalue weighted by atomic mass is 15.0. The molecule has 3 heteroatoms. The first kappa shape index (κ1) is 13.3. The SMILES string of the molecule is Cc1ccc(-c2cc(C)nc(C3CCNC3)n2)c(C)c1. The highest BCUT2D eigenvalue weighted by molar-refractivity contribution is 5.64. The molecule has 104 valence electrons. The van der Waals surface area contributed by atoms with Gasteiger partial charge in [0.15, 0.2) is 0 Å². The average Bonchev–Trinajstić information content (AvgIpc) is 2.91. The summed E-state index contributed by atoms with van der Waals surface area (Å²) in [4.78, 5) is 9.46. The third-order valence-electron chi connectivity index (χ3n) is 3.95. The van der Waals surface area contributed by atoms with E-state index in [2.05, 4.69) is 55.3 Å². The van der Waals surface area contributed by atoms with E-state index in [0.29, 0.717) is 5.92 Å². The van der Waals surface area contributed by atoms with Gasteiger partial charge in [-0.05, 0) is 45.4 Å². The van der Waals surface area contributed by atoms with Crippen molar-refractivity contribution in [3.05, 3.63) is 46.9 Å². The number of aromatic nitrogens is 2. The molecule has 0 radical (unpaired) electrons. The van der Waals surface area contributed by atoms with E-state index in [4.69, 9.17) is 4.98 Å². The van der Waals surface area contributed by atoms with E-state index in [-0.39, 0.29) is 0 Å². The molecule has 1 atom stereocenters. The summed E-state index contributed by atoms with van der Waals surface area (Å²) >= 11 is 0. The second-order valence-electron chi connectivity index (χ2n) is 5.76. The number of benzene rings is 1. The van der Waals surface area contributed by atoms with Crippen LogP contribution >= 0.6 is 0 Å². The van der Waals surface area contributed by atoms with E-state index in [1.54, 1.807) is 0 Å². The Bertz CT molecular complexity index is 628. The van der Waals surface area contributed by atoms with Crippen molar-refractivity contribution < 1.29 is 0 Å². The third kappa shape index (κ3) is 2.59. The van der Waals surface area contributed by atoms with Crippen LogP contribution in [0.15, 0.2) is 24.3 Å². The van der Waals surface area contributed by atoms with Gasteiger partial charge in [0.25, 0.3) is 0 Å². The predicted octanol–water partition coefficient (Wildman–Crippen LogP) is 3.15. The Balaban J connectivity index is 2.04. The minimum atomic E-state index is 0.458. The molecular weight excluding hydrogens is 246 g/mol. The van der Waals surface area contributed by atoms with Crippen molar-refractivity contribution in [1.82, 2.24) is 15.3 Å². The zero-order valence-corrected chi connectivity index (χ0v) is 12.4. The van der Waals surface area contributed by atoms with Gasteiger partial charge in [-0.1, -0.05) is 23.8 Å². The normalized spacial score (nSPS) is 18.4. The summed E-state index contributed by atoms with van der Waals surface area (Å²) < 4.78 is 0. The van der Waals surface area contributed by atoms with Crippen LogP contribution in [0, 0.1) is 20.8 Å². The molecule has 1 aromatic carbocycles. The second kappa shape index (κ2) is 5.33. The number of nitrogens with zero attached hydrogens (tertiary/aromatic N) is 2. The van der Waals surface area contributed by atoms with Crippen molar-refractivity contribution in [2.75, 3.05) is 13.1 Å². The van der Waals surface area contributed by atoms with Crippen LogP contribution in [0.1, 0.15) is 35.0 Å². The quantitative estimate of drug-likeness (QED) is 0.908. The molecule has 1 N–H and O–H groups in total. The number of hydrogen-bond donors (Lipinski definition) is 1. The fraction of sp³-hybridized carbons (Fsp3) is 0.412. The molecular formula is C17H21N3. The van der Waals surface area contributed by atoms with E-state index in [1.807, 2.05) is 0 Å². The molecule has 1 unspecified atom stereocenters. The molecule has 2 aromatic rings. The van der Waals surface area contributed by atoms with Crippen LogP contribution in [-0.2, 0) is 0 Å². The maximum atomic E-state index is 4.83. The maximum Gasteiger partial charge on any atom is 0.133 e. The van der Waals surface area contributed by atoms with E-state index in [0.717, 1.165) is 36.7 Å². The minimum absolute atomic E-state index is 0.458. The van der Waals surface area contributed by atoms with Gasteiger partial charge in [0.05, 0.1) is 5.69 Å². The van der Waals surface area contributed by atoms with Crippen molar-refractivity contribution in [3.63, 3.8) is 0 Å². The van der Waals surface area contributed by atoms with Gasteiger partial charge in [-0.25, -0.2) is 9.97 Å². The monoisotopic (exact) mass is 267 g/mol. The van der Waals surface area contributed by atoms with E-state index >= 15 is 0 Å². The van der Waals surface area contributed by atoms with Crippen LogP contribution in [0.2, 0.25) is 0 Å². The molecule has 0 bridgehead atoms. The number of rotatable bonds is 2. The highest BCUT2D eigenvalue weighted by Gasteiger charge is 2.20. The molecule has 0 aliphatic carbocycles. The standard InChI is InChI=1S/C17H21N3/c1-11-4-5-15(12(2)8-11)16-9-13(3)19-17(20-16)14-6-7-18-10-14/h4-5,8-9,14,18H,6-7,10H2,1-3H3. The molecule has 0 spiro atoms. The summed E-state index contributed by atoms with van der Waals surface area (Å²) in [6.45, 7) is 8.39. The van der Waals surface area contributed by atoms with Gasteiger partial charge in [0.1, 0.15) is 5.82 Å². The molecule has 0 amide bonds. The highest BCUT2D eigenvalue weighted by Crippen LogP contribution is 2.26. The minimum Gasteiger partial charge on any atom is -0.316 e. The lowest BCUT2D eigenvalue weighted by Gasteiger charge is -2.12. The first-order valence-corrected chi connectivity index (χ1v) is 7.27. The first-order valence-electron chi connectivity index (χ1n) is 7.27. The largest absolute Gasteiger partial charge is 0.316 e. The number of nitrogens with one attached hydrogen (secondary N) is 1. The second-order valence-corrected chi connectivity index (χ2v) is 5.76. The summed E-state index contributed by atoms with van der Waals surface area (Å²) in [5.74, 6) is 1.45. The lowest BCUT2D eigenvalue weighted by Crippen LogP contribution is -2.11. The van der Waals surface area contributed by atoms with Crippen LogP contribution in [0.3, 0.4) is 0 Å². The zero-order chi connectivity index (χ0) is 14.1. The Morgan fingerprint density at radius 1 is 1.10 bits per heavy atom. The van der Waals surface area contributed by atoms with Crippen LogP contribution < -0.4 is 5.32 Å². The predicted molar refractivity (Wildman–Crippen MR) is 81.9 cm³/mol. The molecule has 3 rings (SSSR count). The average molecular weight is 267 g/mol. The molecule has 1 aliphatic heterocycles. The molecule has 1 aliphatic rings. The molecule has 1 fully saturated rings. The first-order chi connectivity index (χ1) is 9.63. The topological polar surface area (TPSA) is 37.8 Å². The van der Waals surface area contributed by atoms with Gasteiger partial charge in [-0.15, -0.1) is 0 Å². The lowest BCUT2D eigenvalue weighted by atomic mass is 10.0. The van der Waals surface area contributed by atoms with Crippen LogP contribution in [-0.4, -0.2) is 23.1 Å². The van der Waals surface area contributed by atoms with Gasteiger partial charge in [-0.2, -0.15) is 0 Å². The summed E-state index contributed by atoms with van der Waals surface area (Å²) in [5.41, 5.74) is 5.89. The number of aryl methyl sites for hydroxylation is 3. The van der Waals surface area contributed by atoms with Crippen molar-refractivity contribution in [1.29, 1.82) is 0 Å². The Kier molecular flexibility index (Phi) is 3.53. The van der Waals surface area contributed by atoms with Crippen molar-refractivity contribution in [2.45, 2.75) is 33.1 Å². The smallest absolute Gasteiger partial charge is 0.133 e. The molecule has 20 heavy (non-hydrogen) atoms. The Hall–Kier alpha value is -1.74. The Morgan fingerprint density at radius 2 is 1.95 bits per heavy atom. The van der Waals surface area contributed by atoms with E-state index in [1.165, 1.54) is 16.7 Å². The molecule has 3 nitrogen and oxygen atoms in total. The van der Waals surface area contributed by atoms with Crippen molar-refractivity contribution >= 4 is 0 Å². The van der Waals surface area contributed by atoms with Gasteiger partial charge < -0.3 is 5.32 Å². The van der Waals surface area contributed by atoms with Crippen LogP contribution in [0.4, 0.5) is 0 Å². The van der Waals surface area contributed by atoms with E-state index in [9.17, 15) is 0 Å². The van der Waals surface area contributed by atoms with Gasteiger partial charge >= 0.3 is 0 Å². The van der Waals surface area contributed by atoms with Gasteiger partial charge in [0.2, 0.25) is 0 Å². The van der Waals surface area contributed by atoms with Crippen molar-refractivity contribution in [3.8, 4) is 11.3 Å². The summed E-state index contributed by atoms with van der Waals surface area (Å²) in [6, 6.07) is 8.62. The zero-order valence-electron chi connectivity index (χ0n) is 12.4. The molecule has 1 saturated heterocycles. The fourth-order valence-electron chi connectivity index (χ4n) is 2.89. The molecule has 2 heterocycles. The van der Waals surface area contributed by atoms with Crippen LogP contribution in [0.25, 0.3) is 11.3 Å². The van der Waals surface area contributed by atoms with Crippen LogP contribution in [0.5, 0.6) is 0 Å². The number of hydrogen-bond acceptors (Lipinski definition) is 3. The molecule has 1 aromatic heterocycles. The van der Waals surface area contributed by atoms with Gasteiger partial charge in [-0.3, -0.25) is 0 Å². The van der Waals surface area contributed by atoms with Crippen molar-refractivity contribution in [2.24, 2.45) is 0 Å². The lowest BCUT2D eigenvalue weighted by molar-refractivity contribution is 0.698. The summed E-state index contributed by atoms with van der Waals surface area (Å²) in [6.07, 6.45) is 1.13. The Morgan fingerprint density at radius 3 is 2.65 bits per heavy atom. The summed E-state index contributed by atoms with van der Waals surface area (Å²) in [7, 11) is 0. The fourth-order valence-corrected chi connectivity index (χ4v) is 2.89. The maximum absolute atomic E-state index is 4.83. The van der Waals surface area contributed by atoms with E-state index < -0.39 is 0 Å². The molecule has 0 saturated carbocycles. The third-order valence-corrected chi connectivity index (χ3v) is 3.95. The van der Waals surface area contributed by atoms with Gasteiger partial charge in [0, 0.05) is 23.7 Å². The Labute approximate surface area is 120 Å².